The zero-order chi connectivity index (χ0) is 13.2. The molecule has 2 N–H and O–H groups in total. The third-order valence-electron chi connectivity index (χ3n) is 3.40. The molecule has 0 bridgehead atoms. The molecular weight excluding hydrogens is 260 g/mol. The normalized spacial score (nSPS) is 18.1. The molecule has 100 valence electrons. The van der Waals surface area contributed by atoms with Crippen LogP contribution in [0.1, 0.15) is 17.0 Å². The fourth-order valence-electron chi connectivity index (χ4n) is 2.34. The fourth-order valence-corrected chi connectivity index (χ4v) is 3.00. The van der Waals surface area contributed by atoms with Crippen molar-refractivity contribution >= 4 is 17.2 Å². The lowest BCUT2D eigenvalue weighted by molar-refractivity contribution is -0.132. The summed E-state index contributed by atoms with van der Waals surface area (Å²) in [5.41, 5.74) is 3.27. The number of aromatic nitrogens is 2. The highest BCUT2D eigenvalue weighted by Crippen LogP contribution is 2.15. The number of carbonyl (C=O) groups is 1. The van der Waals surface area contributed by atoms with Crippen LogP contribution in [-0.4, -0.2) is 33.9 Å². The molecule has 2 aromatic rings. The van der Waals surface area contributed by atoms with Gasteiger partial charge in [-0.1, -0.05) is 0 Å². The summed E-state index contributed by atoms with van der Waals surface area (Å²) in [5, 5.41) is 7.37. The molecule has 6 heteroatoms. The maximum Gasteiger partial charge on any atom is 0.240 e. The Morgan fingerprint density at radius 3 is 3.32 bits per heavy atom. The Morgan fingerprint density at radius 1 is 1.63 bits per heavy atom. The number of nitrogens with one attached hydrogen (secondary N) is 2. The minimum Gasteiger partial charge on any atom is -0.347 e. The van der Waals surface area contributed by atoms with E-state index in [9.17, 15) is 4.79 Å². The maximum absolute atomic E-state index is 12.4. The lowest BCUT2D eigenvalue weighted by Gasteiger charge is -2.27. The molecule has 5 nitrogen and oxygen atoms in total. The van der Waals surface area contributed by atoms with Gasteiger partial charge < -0.3 is 9.88 Å². The van der Waals surface area contributed by atoms with E-state index in [1.54, 1.807) is 22.6 Å². The topological polar surface area (TPSA) is 61.0 Å². The van der Waals surface area contributed by atoms with E-state index in [1.165, 1.54) is 5.56 Å². The second-order valence-corrected chi connectivity index (χ2v) is 5.57. The number of likely N-dealkylation sites (N-methyl/N-ethyl adjacent to an activating group) is 1. The van der Waals surface area contributed by atoms with Crippen LogP contribution in [0.25, 0.3) is 0 Å². The van der Waals surface area contributed by atoms with Crippen molar-refractivity contribution in [3.8, 4) is 0 Å². The van der Waals surface area contributed by atoms with Crippen molar-refractivity contribution in [3.63, 3.8) is 0 Å². The molecule has 1 aliphatic heterocycles. The van der Waals surface area contributed by atoms with E-state index in [4.69, 9.17) is 0 Å². The second-order valence-electron chi connectivity index (χ2n) is 4.79. The van der Waals surface area contributed by atoms with E-state index in [-0.39, 0.29) is 11.9 Å². The lowest BCUT2D eigenvalue weighted by atomic mass is 10.0. The number of carbonyl (C=O) groups excluding carboxylic acids is 1. The highest BCUT2D eigenvalue weighted by atomic mass is 32.1. The molecule has 1 amide bonds. The molecule has 1 atom stereocenters. The van der Waals surface area contributed by atoms with Crippen LogP contribution in [0, 0.1) is 0 Å². The van der Waals surface area contributed by atoms with Crippen molar-refractivity contribution in [2.75, 3.05) is 7.05 Å². The molecule has 1 aliphatic rings. The minimum atomic E-state index is -0.167. The van der Waals surface area contributed by atoms with Gasteiger partial charge in [0.25, 0.3) is 0 Å². The molecule has 19 heavy (non-hydrogen) atoms. The molecule has 0 saturated carbocycles. The average Bonchev–Trinajstić information content (AvgIpc) is 3.07. The molecule has 2 aromatic heterocycles. The third-order valence-corrected chi connectivity index (χ3v) is 4.14. The zero-order valence-electron chi connectivity index (χ0n) is 10.7. The first-order valence-corrected chi connectivity index (χ1v) is 7.19. The highest BCUT2D eigenvalue weighted by Gasteiger charge is 2.27. The Kier molecular flexibility index (Phi) is 3.35. The van der Waals surface area contributed by atoms with E-state index < -0.39 is 0 Å². The van der Waals surface area contributed by atoms with Crippen LogP contribution in [0.5, 0.6) is 0 Å². The van der Waals surface area contributed by atoms with Gasteiger partial charge in [0.05, 0.1) is 23.8 Å². The lowest BCUT2D eigenvalue weighted by Crippen LogP contribution is -2.48. The second kappa shape index (κ2) is 5.14. The molecule has 0 fully saturated rings. The Balaban J connectivity index is 1.65. The summed E-state index contributed by atoms with van der Waals surface area (Å²) in [6.45, 7) is 1.34. The summed E-state index contributed by atoms with van der Waals surface area (Å²) in [4.78, 5) is 21.5. The van der Waals surface area contributed by atoms with E-state index in [0.29, 0.717) is 19.5 Å². The standard InChI is InChI=1S/C13H16N4OS/c1-17(6-9-2-3-19-7-9)13(18)11-4-10-12(5-14-11)16-8-15-10/h2-3,7-8,11,14H,4-6H2,1H3,(H,15,16). The van der Waals surface area contributed by atoms with Crippen molar-refractivity contribution in [1.82, 2.24) is 20.2 Å². The summed E-state index contributed by atoms with van der Waals surface area (Å²) in [5.74, 6) is 0.125. The van der Waals surface area contributed by atoms with Gasteiger partial charge in [-0.25, -0.2) is 4.98 Å². The Bertz CT molecular complexity index is 563. The maximum atomic E-state index is 12.4. The third kappa shape index (κ3) is 2.54. The number of fused-ring (bicyclic) bond motifs is 1. The van der Waals surface area contributed by atoms with Crippen LogP contribution in [-0.2, 0) is 24.3 Å². The van der Waals surface area contributed by atoms with Gasteiger partial charge in [0.1, 0.15) is 0 Å². The van der Waals surface area contributed by atoms with Gasteiger partial charge in [0.2, 0.25) is 5.91 Å². The number of amides is 1. The van der Waals surface area contributed by atoms with Crippen LogP contribution in [0.15, 0.2) is 23.2 Å². The quantitative estimate of drug-likeness (QED) is 0.884. The predicted molar refractivity (Wildman–Crippen MR) is 73.7 cm³/mol. The molecule has 0 radical (unpaired) electrons. The van der Waals surface area contributed by atoms with Crippen molar-refractivity contribution in [3.05, 3.63) is 40.1 Å². The summed E-state index contributed by atoms with van der Waals surface area (Å²) in [6, 6.07) is 1.88. The van der Waals surface area contributed by atoms with Crippen molar-refractivity contribution in [2.45, 2.75) is 25.6 Å². The summed E-state index contributed by atoms with van der Waals surface area (Å²) >= 11 is 1.65. The Labute approximate surface area is 115 Å². The van der Waals surface area contributed by atoms with Crippen molar-refractivity contribution in [2.24, 2.45) is 0 Å². The number of aromatic amines is 1. The number of H-pyrrole nitrogens is 1. The molecular formula is C13H16N4OS. The number of hydrogen-bond acceptors (Lipinski definition) is 4. The molecule has 0 aromatic carbocycles. The average molecular weight is 276 g/mol. The van der Waals surface area contributed by atoms with Gasteiger partial charge >= 0.3 is 0 Å². The highest BCUT2D eigenvalue weighted by molar-refractivity contribution is 7.07. The van der Waals surface area contributed by atoms with Crippen LogP contribution in [0.4, 0.5) is 0 Å². The van der Waals surface area contributed by atoms with Crippen LogP contribution in [0.2, 0.25) is 0 Å². The summed E-state index contributed by atoms with van der Waals surface area (Å²) < 4.78 is 0. The van der Waals surface area contributed by atoms with E-state index in [1.807, 2.05) is 12.4 Å². The van der Waals surface area contributed by atoms with Gasteiger partial charge in [-0.15, -0.1) is 0 Å². The predicted octanol–water partition coefficient (Wildman–Crippen LogP) is 1.14. The first kappa shape index (κ1) is 12.4. The van der Waals surface area contributed by atoms with Crippen LogP contribution >= 0.6 is 11.3 Å². The number of nitrogens with zero attached hydrogens (tertiary/aromatic N) is 2. The van der Waals surface area contributed by atoms with Gasteiger partial charge in [0, 0.05) is 26.6 Å². The van der Waals surface area contributed by atoms with Crippen LogP contribution < -0.4 is 5.32 Å². The fraction of sp³-hybridized carbons (Fsp3) is 0.385. The number of thiophene rings is 1. The Morgan fingerprint density at radius 2 is 2.53 bits per heavy atom. The number of imidazole rings is 1. The zero-order valence-corrected chi connectivity index (χ0v) is 11.5. The molecule has 0 spiro atoms. The smallest absolute Gasteiger partial charge is 0.240 e. The summed E-state index contributed by atoms with van der Waals surface area (Å²) in [6.07, 6.45) is 2.35. The molecule has 0 saturated heterocycles. The first-order valence-electron chi connectivity index (χ1n) is 6.24. The summed E-state index contributed by atoms with van der Waals surface area (Å²) in [7, 11) is 1.85. The molecule has 0 aliphatic carbocycles. The first-order chi connectivity index (χ1) is 9.24. The van der Waals surface area contributed by atoms with Crippen LogP contribution in [0.3, 0.4) is 0 Å². The number of rotatable bonds is 3. The van der Waals surface area contributed by atoms with E-state index >= 15 is 0 Å². The molecule has 3 rings (SSSR count). The number of hydrogen-bond donors (Lipinski definition) is 2. The van der Waals surface area contributed by atoms with Gasteiger partial charge in [0.15, 0.2) is 0 Å². The van der Waals surface area contributed by atoms with Gasteiger partial charge in [-0.3, -0.25) is 10.1 Å². The molecule has 3 heterocycles. The SMILES string of the molecule is CN(Cc1ccsc1)C(=O)C1Cc2nc[nH]c2CN1. The minimum absolute atomic E-state index is 0.125. The molecule has 1 unspecified atom stereocenters. The van der Waals surface area contributed by atoms with Gasteiger partial charge in [-0.2, -0.15) is 11.3 Å². The van der Waals surface area contributed by atoms with E-state index in [0.717, 1.165) is 11.4 Å². The van der Waals surface area contributed by atoms with Crippen molar-refractivity contribution in [1.29, 1.82) is 0 Å². The Hall–Kier alpha value is -1.66. The van der Waals surface area contributed by atoms with Gasteiger partial charge in [-0.05, 0) is 22.4 Å². The van der Waals surface area contributed by atoms with Crippen molar-refractivity contribution < 1.29 is 4.79 Å². The van der Waals surface area contributed by atoms with E-state index in [2.05, 4.69) is 26.7 Å². The largest absolute Gasteiger partial charge is 0.347 e. The monoisotopic (exact) mass is 276 g/mol.